The summed E-state index contributed by atoms with van der Waals surface area (Å²) in [5.41, 5.74) is 1.19. The molecule has 0 bridgehead atoms. The summed E-state index contributed by atoms with van der Waals surface area (Å²) in [7, 11) is 0. The quantitative estimate of drug-likeness (QED) is 0.832. The van der Waals surface area contributed by atoms with Crippen molar-refractivity contribution in [1.29, 1.82) is 0 Å². The largest absolute Gasteiger partial charge is 0.355 e. The molecule has 5 nitrogen and oxygen atoms in total. The van der Waals surface area contributed by atoms with Crippen LogP contribution < -0.4 is 5.32 Å². The summed E-state index contributed by atoms with van der Waals surface area (Å²) in [5.74, 6) is 0.874. The van der Waals surface area contributed by atoms with Gasteiger partial charge in [0.2, 0.25) is 5.91 Å². The zero-order valence-electron chi connectivity index (χ0n) is 12.5. The number of benzene rings is 1. The molecule has 112 valence electrons. The van der Waals surface area contributed by atoms with Crippen molar-refractivity contribution in [3.63, 3.8) is 0 Å². The molecule has 1 aromatic heterocycles. The third kappa shape index (κ3) is 4.07. The highest BCUT2D eigenvalue weighted by Crippen LogP contribution is 2.23. The van der Waals surface area contributed by atoms with Gasteiger partial charge < -0.3 is 9.88 Å². The van der Waals surface area contributed by atoms with Crippen molar-refractivity contribution in [2.24, 2.45) is 0 Å². The van der Waals surface area contributed by atoms with E-state index in [1.807, 2.05) is 43.5 Å². The Bertz CT molecular complexity index is 597. The standard InChI is InChI=1S/C15H20N4OS/c1-4-16-14(20)11(2)21-15-18-17-12(3)19(15)10-13-8-6-5-7-9-13/h5-9,11H,4,10H2,1-3H3,(H,16,20)/t11-/m0/s1. The Labute approximate surface area is 129 Å². The fourth-order valence-electron chi connectivity index (χ4n) is 1.93. The van der Waals surface area contributed by atoms with Gasteiger partial charge in [0, 0.05) is 6.54 Å². The van der Waals surface area contributed by atoms with Crippen molar-refractivity contribution in [3.8, 4) is 0 Å². The average molecular weight is 304 g/mol. The average Bonchev–Trinajstić information content (AvgIpc) is 2.81. The first-order valence-corrected chi connectivity index (χ1v) is 7.88. The molecule has 0 radical (unpaired) electrons. The summed E-state index contributed by atoms with van der Waals surface area (Å²) in [6.45, 7) is 7.07. The number of carbonyl (C=O) groups excluding carboxylic acids is 1. The molecule has 1 N–H and O–H groups in total. The van der Waals surface area contributed by atoms with Crippen LogP contribution in [0.4, 0.5) is 0 Å². The molecule has 21 heavy (non-hydrogen) atoms. The Morgan fingerprint density at radius 2 is 2.05 bits per heavy atom. The van der Waals surface area contributed by atoms with Crippen LogP contribution >= 0.6 is 11.8 Å². The number of rotatable bonds is 6. The smallest absolute Gasteiger partial charge is 0.233 e. The van der Waals surface area contributed by atoms with E-state index in [4.69, 9.17) is 0 Å². The SMILES string of the molecule is CCNC(=O)[C@H](C)Sc1nnc(C)n1Cc1ccccc1. The lowest BCUT2D eigenvalue weighted by molar-refractivity contribution is -0.120. The van der Waals surface area contributed by atoms with Gasteiger partial charge in [-0.05, 0) is 26.3 Å². The van der Waals surface area contributed by atoms with Gasteiger partial charge in [-0.2, -0.15) is 0 Å². The zero-order chi connectivity index (χ0) is 15.2. The van der Waals surface area contributed by atoms with Gasteiger partial charge in [-0.15, -0.1) is 10.2 Å². The summed E-state index contributed by atoms with van der Waals surface area (Å²) in [6, 6.07) is 10.2. The lowest BCUT2D eigenvalue weighted by atomic mass is 10.2. The Morgan fingerprint density at radius 3 is 2.71 bits per heavy atom. The molecule has 1 atom stereocenters. The van der Waals surface area contributed by atoms with Crippen LogP contribution in [-0.4, -0.2) is 32.5 Å². The number of hydrogen-bond acceptors (Lipinski definition) is 4. The predicted octanol–water partition coefficient (Wildman–Crippen LogP) is 2.25. The van der Waals surface area contributed by atoms with Crippen molar-refractivity contribution in [1.82, 2.24) is 20.1 Å². The molecule has 1 amide bonds. The summed E-state index contributed by atoms with van der Waals surface area (Å²) in [4.78, 5) is 11.8. The molecule has 0 aliphatic heterocycles. The molecule has 0 fully saturated rings. The van der Waals surface area contributed by atoms with Crippen molar-refractivity contribution in [3.05, 3.63) is 41.7 Å². The van der Waals surface area contributed by atoms with E-state index in [-0.39, 0.29) is 11.2 Å². The summed E-state index contributed by atoms with van der Waals surface area (Å²) in [5, 5.41) is 11.7. The topological polar surface area (TPSA) is 59.8 Å². The molecule has 2 rings (SSSR count). The molecule has 0 aliphatic rings. The van der Waals surface area contributed by atoms with Crippen molar-refractivity contribution < 1.29 is 4.79 Å². The molecule has 0 unspecified atom stereocenters. The number of nitrogens with one attached hydrogen (secondary N) is 1. The van der Waals surface area contributed by atoms with Crippen LogP contribution in [0.1, 0.15) is 25.2 Å². The van der Waals surface area contributed by atoms with Crippen LogP contribution in [0.25, 0.3) is 0 Å². The summed E-state index contributed by atoms with van der Waals surface area (Å²) >= 11 is 1.44. The van der Waals surface area contributed by atoms with Gasteiger partial charge in [0.25, 0.3) is 0 Å². The molecule has 0 saturated carbocycles. The maximum atomic E-state index is 11.8. The van der Waals surface area contributed by atoms with Crippen LogP contribution in [0, 0.1) is 6.92 Å². The van der Waals surface area contributed by atoms with E-state index in [1.165, 1.54) is 17.3 Å². The highest BCUT2D eigenvalue weighted by Gasteiger charge is 2.18. The van der Waals surface area contributed by atoms with Gasteiger partial charge in [0.1, 0.15) is 5.82 Å². The Morgan fingerprint density at radius 1 is 1.33 bits per heavy atom. The van der Waals surface area contributed by atoms with E-state index in [9.17, 15) is 4.79 Å². The highest BCUT2D eigenvalue weighted by atomic mass is 32.2. The van der Waals surface area contributed by atoms with Crippen LogP contribution in [0.3, 0.4) is 0 Å². The van der Waals surface area contributed by atoms with E-state index in [2.05, 4.69) is 27.6 Å². The van der Waals surface area contributed by atoms with Gasteiger partial charge >= 0.3 is 0 Å². The van der Waals surface area contributed by atoms with Gasteiger partial charge in [-0.25, -0.2) is 0 Å². The summed E-state index contributed by atoms with van der Waals surface area (Å²) in [6.07, 6.45) is 0. The van der Waals surface area contributed by atoms with Crippen molar-refractivity contribution >= 4 is 17.7 Å². The van der Waals surface area contributed by atoms with Crippen molar-refractivity contribution in [2.45, 2.75) is 37.7 Å². The number of hydrogen-bond donors (Lipinski definition) is 1. The second kappa shape index (κ2) is 7.26. The minimum Gasteiger partial charge on any atom is -0.355 e. The van der Waals surface area contributed by atoms with E-state index >= 15 is 0 Å². The molecule has 1 heterocycles. The molecule has 0 aliphatic carbocycles. The molecule has 2 aromatic rings. The number of thioether (sulfide) groups is 1. The molecular weight excluding hydrogens is 284 g/mol. The Hall–Kier alpha value is -1.82. The predicted molar refractivity (Wildman–Crippen MR) is 84.3 cm³/mol. The molecule has 1 aromatic carbocycles. The number of aryl methyl sites for hydroxylation is 1. The second-order valence-electron chi connectivity index (χ2n) is 4.76. The Balaban J connectivity index is 2.13. The second-order valence-corrected chi connectivity index (χ2v) is 6.06. The number of carbonyl (C=O) groups is 1. The third-order valence-corrected chi connectivity index (χ3v) is 4.17. The molecule has 0 saturated heterocycles. The van der Waals surface area contributed by atoms with Crippen LogP contribution in [0.15, 0.2) is 35.5 Å². The van der Waals surface area contributed by atoms with E-state index in [0.29, 0.717) is 13.1 Å². The minimum atomic E-state index is -0.192. The normalized spacial score (nSPS) is 12.1. The fourth-order valence-corrected chi connectivity index (χ4v) is 2.84. The maximum absolute atomic E-state index is 11.8. The Kier molecular flexibility index (Phi) is 5.38. The lowest BCUT2D eigenvalue weighted by Crippen LogP contribution is -2.30. The number of nitrogens with zero attached hydrogens (tertiary/aromatic N) is 3. The molecule has 0 spiro atoms. The first kappa shape index (κ1) is 15.6. The number of aromatic nitrogens is 3. The molecular formula is C15H20N4OS. The zero-order valence-corrected chi connectivity index (χ0v) is 13.4. The van der Waals surface area contributed by atoms with Gasteiger partial charge in [-0.3, -0.25) is 4.79 Å². The molecule has 6 heteroatoms. The van der Waals surface area contributed by atoms with E-state index in [0.717, 1.165) is 11.0 Å². The van der Waals surface area contributed by atoms with Gasteiger partial charge in [-0.1, -0.05) is 42.1 Å². The third-order valence-electron chi connectivity index (χ3n) is 3.09. The van der Waals surface area contributed by atoms with Gasteiger partial charge in [0.05, 0.1) is 11.8 Å². The lowest BCUT2D eigenvalue weighted by Gasteiger charge is -2.12. The highest BCUT2D eigenvalue weighted by molar-refractivity contribution is 8.00. The maximum Gasteiger partial charge on any atom is 0.233 e. The monoisotopic (exact) mass is 304 g/mol. The fraction of sp³-hybridized carbons (Fsp3) is 0.400. The van der Waals surface area contributed by atoms with E-state index in [1.54, 1.807) is 0 Å². The summed E-state index contributed by atoms with van der Waals surface area (Å²) < 4.78 is 2.04. The van der Waals surface area contributed by atoms with Crippen molar-refractivity contribution in [2.75, 3.05) is 6.54 Å². The minimum absolute atomic E-state index is 0.0226. The van der Waals surface area contributed by atoms with Crippen LogP contribution in [0.2, 0.25) is 0 Å². The number of amides is 1. The van der Waals surface area contributed by atoms with Gasteiger partial charge in [0.15, 0.2) is 5.16 Å². The van der Waals surface area contributed by atoms with Crippen LogP contribution in [0.5, 0.6) is 0 Å². The van der Waals surface area contributed by atoms with E-state index < -0.39 is 0 Å². The van der Waals surface area contributed by atoms with Crippen LogP contribution in [-0.2, 0) is 11.3 Å². The first-order chi connectivity index (χ1) is 10.1. The first-order valence-electron chi connectivity index (χ1n) is 7.00.